The molecule has 27 heavy (non-hydrogen) atoms. The van der Waals surface area contributed by atoms with Crippen molar-refractivity contribution in [2.45, 2.75) is 26.7 Å². The minimum atomic E-state index is -0.595. The van der Waals surface area contributed by atoms with Gasteiger partial charge in [0.15, 0.2) is 12.4 Å². The first-order valence-corrected chi connectivity index (χ1v) is 8.59. The topological polar surface area (TPSA) is 81.7 Å². The number of hydrogen-bond acceptors (Lipinski definition) is 5. The number of ether oxygens (including phenoxy) is 2. The lowest BCUT2D eigenvalue weighted by atomic mass is 10.1. The molecule has 0 saturated carbocycles. The summed E-state index contributed by atoms with van der Waals surface area (Å²) in [5.74, 6) is -0.653. The van der Waals surface area contributed by atoms with Crippen molar-refractivity contribution in [3.05, 3.63) is 59.2 Å². The van der Waals surface area contributed by atoms with Gasteiger partial charge in [-0.25, -0.2) is 0 Å². The van der Waals surface area contributed by atoms with Crippen LogP contribution in [0.15, 0.2) is 42.5 Å². The summed E-state index contributed by atoms with van der Waals surface area (Å²) in [6.45, 7) is 3.46. The van der Waals surface area contributed by atoms with E-state index in [-0.39, 0.29) is 31.1 Å². The van der Waals surface area contributed by atoms with Crippen molar-refractivity contribution in [1.29, 1.82) is 0 Å². The summed E-state index contributed by atoms with van der Waals surface area (Å²) in [5, 5.41) is 2.78. The standard InChI is InChI=1S/C21H23NO5/c1-14-7-8-15(2)18(11-14)22-20(24)9-10-21(25)27-13-19(23)16-5-4-6-17(12-16)26-3/h4-8,11-12H,9-10,13H2,1-3H3,(H,22,24). The third-order valence-electron chi connectivity index (χ3n) is 3.98. The SMILES string of the molecule is COc1cccc(C(=O)COC(=O)CCC(=O)Nc2cc(C)ccc2C)c1. The number of Topliss-reactive ketones (excluding diaryl/α,β-unsaturated/α-hetero) is 1. The fraction of sp³-hybridized carbons (Fsp3) is 0.286. The molecule has 0 aliphatic heterocycles. The van der Waals surface area contributed by atoms with Crippen LogP contribution in [0.2, 0.25) is 0 Å². The van der Waals surface area contributed by atoms with Crippen LogP contribution < -0.4 is 10.1 Å². The van der Waals surface area contributed by atoms with Gasteiger partial charge in [-0.15, -0.1) is 0 Å². The molecule has 0 heterocycles. The van der Waals surface area contributed by atoms with E-state index in [1.165, 1.54) is 7.11 Å². The van der Waals surface area contributed by atoms with Crippen LogP contribution in [0, 0.1) is 13.8 Å². The molecule has 0 saturated heterocycles. The molecule has 0 aromatic heterocycles. The van der Waals surface area contributed by atoms with Crippen LogP contribution >= 0.6 is 0 Å². The number of ketones is 1. The van der Waals surface area contributed by atoms with Crippen molar-refractivity contribution in [3.8, 4) is 5.75 Å². The van der Waals surface area contributed by atoms with Crippen molar-refractivity contribution in [2.24, 2.45) is 0 Å². The first-order chi connectivity index (χ1) is 12.9. The maximum absolute atomic E-state index is 12.1. The van der Waals surface area contributed by atoms with Gasteiger partial charge in [-0.3, -0.25) is 14.4 Å². The number of methoxy groups -OCH3 is 1. The van der Waals surface area contributed by atoms with Crippen molar-refractivity contribution in [1.82, 2.24) is 0 Å². The Labute approximate surface area is 158 Å². The highest BCUT2D eigenvalue weighted by molar-refractivity contribution is 5.98. The molecule has 0 unspecified atom stereocenters. The Morgan fingerprint density at radius 3 is 2.52 bits per heavy atom. The summed E-state index contributed by atoms with van der Waals surface area (Å²) >= 11 is 0. The number of carbonyl (C=O) groups is 3. The summed E-state index contributed by atoms with van der Waals surface area (Å²) in [7, 11) is 1.51. The lowest BCUT2D eigenvalue weighted by Gasteiger charge is -2.09. The molecular formula is C21H23NO5. The minimum absolute atomic E-state index is 0.0143. The van der Waals surface area contributed by atoms with Crippen LogP contribution in [-0.2, 0) is 14.3 Å². The number of esters is 1. The average molecular weight is 369 g/mol. The van der Waals surface area contributed by atoms with Gasteiger partial charge in [0.25, 0.3) is 0 Å². The molecule has 0 spiro atoms. The van der Waals surface area contributed by atoms with Crippen molar-refractivity contribution in [2.75, 3.05) is 19.0 Å². The summed E-state index contributed by atoms with van der Waals surface area (Å²) < 4.78 is 10.0. The fourth-order valence-corrected chi connectivity index (χ4v) is 2.40. The second-order valence-electron chi connectivity index (χ2n) is 6.18. The zero-order valence-corrected chi connectivity index (χ0v) is 15.7. The van der Waals surface area contributed by atoms with Gasteiger partial charge < -0.3 is 14.8 Å². The van der Waals surface area contributed by atoms with Crippen LogP contribution in [-0.4, -0.2) is 31.4 Å². The van der Waals surface area contributed by atoms with Gasteiger partial charge >= 0.3 is 5.97 Å². The van der Waals surface area contributed by atoms with Gasteiger partial charge in [0.2, 0.25) is 5.91 Å². The van der Waals surface area contributed by atoms with E-state index < -0.39 is 5.97 Å². The molecule has 0 aliphatic rings. The van der Waals surface area contributed by atoms with Crippen LogP contribution in [0.1, 0.15) is 34.3 Å². The number of aryl methyl sites for hydroxylation is 2. The Bertz CT molecular complexity index is 844. The van der Waals surface area contributed by atoms with Gasteiger partial charge in [0.05, 0.1) is 13.5 Å². The molecule has 1 amide bonds. The summed E-state index contributed by atoms with van der Waals surface area (Å²) in [6.07, 6.45) is -0.109. The normalized spacial score (nSPS) is 10.2. The largest absolute Gasteiger partial charge is 0.497 e. The zero-order valence-electron chi connectivity index (χ0n) is 15.7. The predicted molar refractivity (Wildman–Crippen MR) is 102 cm³/mol. The molecule has 2 aromatic rings. The van der Waals surface area contributed by atoms with Crippen LogP contribution in [0.25, 0.3) is 0 Å². The Morgan fingerprint density at radius 1 is 1.00 bits per heavy atom. The number of rotatable bonds is 8. The van der Waals surface area contributed by atoms with Gasteiger partial charge in [-0.2, -0.15) is 0 Å². The maximum Gasteiger partial charge on any atom is 0.306 e. The van der Waals surface area contributed by atoms with Crippen molar-refractivity contribution < 1.29 is 23.9 Å². The number of carbonyl (C=O) groups excluding carboxylic acids is 3. The molecule has 0 bridgehead atoms. The quantitative estimate of drug-likeness (QED) is 0.569. The number of hydrogen-bond donors (Lipinski definition) is 1. The van der Waals surface area contributed by atoms with Crippen LogP contribution in [0.4, 0.5) is 5.69 Å². The first-order valence-electron chi connectivity index (χ1n) is 8.59. The van der Waals surface area contributed by atoms with Gasteiger partial charge in [-0.05, 0) is 43.2 Å². The molecule has 6 nitrogen and oxygen atoms in total. The zero-order chi connectivity index (χ0) is 19.8. The van der Waals surface area contributed by atoms with E-state index in [0.29, 0.717) is 11.3 Å². The van der Waals surface area contributed by atoms with E-state index in [9.17, 15) is 14.4 Å². The Kier molecular flexibility index (Phi) is 7.11. The van der Waals surface area contributed by atoms with E-state index in [1.807, 2.05) is 32.0 Å². The molecule has 142 valence electrons. The number of amides is 1. The Morgan fingerprint density at radius 2 is 1.78 bits per heavy atom. The summed E-state index contributed by atoms with van der Waals surface area (Å²) in [5.41, 5.74) is 3.10. The highest BCUT2D eigenvalue weighted by Gasteiger charge is 2.13. The number of anilines is 1. The highest BCUT2D eigenvalue weighted by atomic mass is 16.5. The molecule has 6 heteroatoms. The molecule has 0 aliphatic carbocycles. The van der Waals surface area contributed by atoms with Gasteiger partial charge in [-0.1, -0.05) is 24.3 Å². The van der Waals surface area contributed by atoms with E-state index in [1.54, 1.807) is 24.3 Å². The fourth-order valence-electron chi connectivity index (χ4n) is 2.40. The lowest BCUT2D eigenvalue weighted by Crippen LogP contribution is -2.17. The maximum atomic E-state index is 12.1. The Balaban J connectivity index is 1.77. The van der Waals surface area contributed by atoms with Crippen LogP contribution in [0.5, 0.6) is 5.75 Å². The number of nitrogens with one attached hydrogen (secondary N) is 1. The van der Waals surface area contributed by atoms with Crippen LogP contribution in [0.3, 0.4) is 0 Å². The Hall–Kier alpha value is -3.15. The smallest absolute Gasteiger partial charge is 0.306 e. The first kappa shape index (κ1) is 20.2. The molecule has 1 N–H and O–H groups in total. The number of benzene rings is 2. The molecule has 2 rings (SSSR count). The second-order valence-corrected chi connectivity index (χ2v) is 6.18. The monoisotopic (exact) mass is 369 g/mol. The van der Waals surface area contributed by atoms with E-state index in [4.69, 9.17) is 9.47 Å². The minimum Gasteiger partial charge on any atom is -0.497 e. The average Bonchev–Trinajstić information content (AvgIpc) is 2.67. The molecule has 0 fully saturated rings. The van der Waals surface area contributed by atoms with Gasteiger partial charge in [0, 0.05) is 17.7 Å². The van der Waals surface area contributed by atoms with E-state index >= 15 is 0 Å². The van der Waals surface area contributed by atoms with Crippen molar-refractivity contribution >= 4 is 23.3 Å². The molecule has 0 radical (unpaired) electrons. The van der Waals surface area contributed by atoms with Gasteiger partial charge in [0.1, 0.15) is 5.75 Å². The predicted octanol–water partition coefficient (Wildman–Crippen LogP) is 3.46. The molecular weight excluding hydrogens is 346 g/mol. The summed E-state index contributed by atoms with van der Waals surface area (Å²) in [4.78, 5) is 35.9. The third kappa shape index (κ3) is 6.26. The summed E-state index contributed by atoms with van der Waals surface area (Å²) in [6, 6.07) is 12.4. The molecule has 2 aromatic carbocycles. The lowest BCUT2D eigenvalue weighted by molar-refractivity contribution is -0.143. The molecule has 0 atom stereocenters. The van der Waals surface area contributed by atoms with E-state index in [0.717, 1.165) is 16.8 Å². The van der Waals surface area contributed by atoms with Crippen molar-refractivity contribution in [3.63, 3.8) is 0 Å². The second kappa shape index (κ2) is 9.52. The van der Waals surface area contributed by atoms with E-state index in [2.05, 4.69) is 5.32 Å². The highest BCUT2D eigenvalue weighted by Crippen LogP contribution is 2.17. The third-order valence-corrected chi connectivity index (χ3v) is 3.98.